The van der Waals surface area contributed by atoms with Crippen LogP contribution >= 0.6 is 12.6 Å². The third kappa shape index (κ3) is 5.72. The number of carbonyl (C=O) groups is 2. The Morgan fingerprint density at radius 3 is 2.53 bits per heavy atom. The van der Waals surface area contributed by atoms with Crippen molar-refractivity contribution >= 4 is 24.4 Å². The van der Waals surface area contributed by atoms with Gasteiger partial charge in [-0.2, -0.15) is 12.6 Å². The fourth-order valence-electron chi connectivity index (χ4n) is 7.93. The molecule has 0 spiro atoms. The molecule has 4 bridgehead atoms. The van der Waals surface area contributed by atoms with Gasteiger partial charge in [0.25, 0.3) is 11.8 Å². The van der Waals surface area contributed by atoms with E-state index in [9.17, 15) is 9.59 Å². The standard InChI is InChI=1S/C27H42N4O4S/c1-26(25(33)29-6-5-28,12-17-3-2-4-21(36)10-17)16-34-23-11-22(35-31-23)24(32)30-27-13-18-7-19(14-27)9-20(8-18)15-27/h11,17-21,36H,2-10,12-16,28H2,1H3,(H,29,33)(H,30,32). The highest BCUT2D eigenvalue weighted by Gasteiger charge is 2.51. The number of hydrogen-bond acceptors (Lipinski definition) is 7. The van der Waals surface area contributed by atoms with Gasteiger partial charge in [0.15, 0.2) is 0 Å². The fraction of sp³-hybridized carbons (Fsp3) is 0.815. The summed E-state index contributed by atoms with van der Waals surface area (Å²) in [5.41, 5.74) is 4.77. The number of hydrogen-bond donors (Lipinski definition) is 4. The molecule has 5 saturated carbocycles. The second kappa shape index (κ2) is 10.6. The number of ether oxygens (including phenoxy) is 1. The Labute approximate surface area is 219 Å². The first kappa shape index (κ1) is 25.9. The van der Waals surface area contributed by atoms with Gasteiger partial charge in [-0.05, 0) is 93.5 Å². The number of thiol groups is 1. The smallest absolute Gasteiger partial charge is 0.290 e. The molecule has 1 heterocycles. The molecule has 1 aromatic heterocycles. The highest BCUT2D eigenvalue weighted by Crippen LogP contribution is 2.55. The Balaban J connectivity index is 1.20. The number of rotatable bonds is 10. The topological polar surface area (TPSA) is 119 Å². The first-order valence-electron chi connectivity index (χ1n) is 13.8. The van der Waals surface area contributed by atoms with Crippen LogP contribution in [-0.2, 0) is 4.79 Å². The third-order valence-corrected chi connectivity index (χ3v) is 9.61. The van der Waals surface area contributed by atoms with Crippen LogP contribution in [0.4, 0.5) is 0 Å². The molecule has 0 radical (unpaired) electrons. The summed E-state index contributed by atoms with van der Waals surface area (Å²) < 4.78 is 11.4. The van der Waals surface area contributed by atoms with Crippen molar-refractivity contribution in [2.24, 2.45) is 34.8 Å². The van der Waals surface area contributed by atoms with Gasteiger partial charge in [-0.3, -0.25) is 9.59 Å². The zero-order valence-electron chi connectivity index (χ0n) is 21.5. The number of nitrogens with zero attached hydrogens (tertiary/aromatic N) is 1. The molecule has 0 aliphatic heterocycles. The summed E-state index contributed by atoms with van der Waals surface area (Å²) in [5.74, 6) is 2.76. The van der Waals surface area contributed by atoms with E-state index in [1.54, 1.807) is 6.07 Å². The zero-order chi connectivity index (χ0) is 25.3. The minimum absolute atomic E-state index is 0.0717. The van der Waals surface area contributed by atoms with Gasteiger partial charge < -0.3 is 25.6 Å². The molecule has 2 amide bonds. The summed E-state index contributed by atoms with van der Waals surface area (Å²) in [7, 11) is 0. The second-order valence-electron chi connectivity index (χ2n) is 12.5. The molecule has 4 N–H and O–H groups in total. The van der Waals surface area contributed by atoms with Crippen molar-refractivity contribution in [3.63, 3.8) is 0 Å². The molecule has 8 nitrogen and oxygen atoms in total. The average molecular weight is 519 g/mol. The molecular formula is C27H42N4O4S. The van der Waals surface area contributed by atoms with E-state index in [0.29, 0.717) is 30.7 Å². The molecule has 5 fully saturated rings. The van der Waals surface area contributed by atoms with Gasteiger partial charge in [0.1, 0.15) is 6.61 Å². The first-order chi connectivity index (χ1) is 17.3. The molecule has 3 atom stereocenters. The van der Waals surface area contributed by atoms with Crippen molar-refractivity contribution in [3.8, 4) is 5.88 Å². The van der Waals surface area contributed by atoms with Gasteiger partial charge >= 0.3 is 0 Å². The molecule has 1 aromatic rings. The van der Waals surface area contributed by atoms with Crippen molar-refractivity contribution in [1.82, 2.24) is 15.8 Å². The van der Waals surface area contributed by atoms with Crippen LogP contribution in [0.2, 0.25) is 0 Å². The SMILES string of the molecule is CC(COc1cc(C(=O)NC23CC4CC(CC(C4)C2)C3)on1)(CC1CCCC(S)C1)C(=O)NCCN. The number of aromatic nitrogens is 1. The Kier molecular flexibility index (Phi) is 7.59. The van der Waals surface area contributed by atoms with E-state index >= 15 is 0 Å². The lowest BCUT2D eigenvalue weighted by Gasteiger charge is -2.56. The van der Waals surface area contributed by atoms with E-state index in [-0.39, 0.29) is 35.6 Å². The molecule has 6 rings (SSSR count). The monoisotopic (exact) mass is 518 g/mol. The Morgan fingerprint density at radius 2 is 1.89 bits per heavy atom. The van der Waals surface area contributed by atoms with Gasteiger partial charge in [0.05, 0.1) is 11.5 Å². The van der Waals surface area contributed by atoms with E-state index in [4.69, 9.17) is 15.0 Å². The van der Waals surface area contributed by atoms with Gasteiger partial charge in [0.2, 0.25) is 11.7 Å². The summed E-state index contributed by atoms with van der Waals surface area (Å²) in [6, 6.07) is 1.55. The fourth-order valence-corrected chi connectivity index (χ4v) is 8.42. The summed E-state index contributed by atoms with van der Waals surface area (Å²) in [5, 5.41) is 10.6. The van der Waals surface area contributed by atoms with Crippen LogP contribution in [-0.4, -0.2) is 47.5 Å². The van der Waals surface area contributed by atoms with Crippen LogP contribution in [0.3, 0.4) is 0 Å². The van der Waals surface area contributed by atoms with E-state index in [0.717, 1.165) is 62.7 Å². The highest BCUT2D eigenvalue weighted by molar-refractivity contribution is 7.80. The molecule has 0 saturated heterocycles. The van der Waals surface area contributed by atoms with Crippen molar-refractivity contribution in [2.45, 2.75) is 88.3 Å². The van der Waals surface area contributed by atoms with Crippen molar-refractivity contribution in [2.75, 3.05) is 19.7 Å². The van der Waals surface area contributed by atoms with Crippen LogP contribution < -0.4 is 21.1 Å². The quantitative estimate of drug-likeness (QED) is 0.351. The number of amides is 2. The molecular weight excluding hydrogens is 476 g/mol. The average Bonchev–Trinajstić information content (AvgIpc) is 3.29. The van der Waals surface area contributed by atoms with Crippen molar-refractivity contribution in [3.05, 3.63) is 11.8 Å². The molecule has 5 aliphatic rings. The second-order valence-corrected chi connectivity index (χ2v) is 13.2. The van der Waals surface area contributed by atoms with Crippen LogP contribution in [0.5, 0.6) is 5.88 Å². The molecule has 0 aromatic carbocycles. The van der Waals surface area contributed by atoms with E-state index < -0.39 is 5.41 Å². The summed E-state index contributed by atoms with van der Waals surface area (Å²) in [4.78, 5) is 26.2. The van der Waals surface area contributed by atoms with E-state index in [1.807, 2.05) is 6.92 Å². The number of nitrogens with one attached hydrogen (secondary N) is 2. The summed E-state index contributed by atoms with van der Waals surface area (Å²) >= 11 is 4.68. The lowest BCUT2D eigenvalue weighted by Crippen LogP contribution is -2.59. The lowest BCUT2D eigenvalue weighted by molar-refractivity contribution is -0.133. The predicted octanol–water partition coefficient (Wildman–Crippen LogP) is 3.71. The largest absolute Gasteiger partial charge is 0.474 e. The Bertz CT molecular complexity index is 917. The van der Waals surface area contributed by atoms with E-state index in [2.05, 4.69) is 28.4 Å². The maximum Gasteiger partial charge on any atom is 0.290 e. The third-order valence-electron chi connectivity index (χ3n) is 9.14. The molecule has 9 heteroatoms. The van der Waals surface area contributed by atoms with Crippen LogP contribution in [0.15, 0.2) is 10.6 Å². The van der Waals surface area contributed by atoms with E-state index in [1.165, 1.54) is 19.3 Å². The molecule has 3 unspecified atom stereocenters. The van der Waals surface area contributed by atoms with Gasteiger partial charge in [0, 0.05) is 23.9 Å². The van der Waals surface area contributed by atoms with Gasteiger partial charge in [-0.15, -0.1) is 0 Å². The number of carbonyl (C=O) groups excluding carboxylic acids is 2. The highest BCUT2D eigenvalue weighted by atomic mass is 32.1. The lowest BCUT2D eigenvalue weighted by atomic mass is 9.53. The van der Waals surface area contributed by atoms with Crippen LogP contribution in [0, 0.1) is 29.1 Å². The van der Waals surface area contributed by atoms with Crippen molar-refractivity contribution in [1.29, 1.82) is 0 Å². The summed E-state index contributed by atoms with van der Waals surface area (Å²) in [6.07, 6.45) is 12.2. The molecule has 36 heavy (non-hydrogen) atoms. The van der Waals surface area contributed by atoms with Crippen LogP contribution in [0.25, 0.3) is 0 Å². The van der Waals surface area contributed by atoms with Crippen molar-refractivity contribution < 1.29 is 18.8 Å². The van der Waals surface area contributed by atoms with Gasteiger partial charge in [-0.25, -0.2) is 0 Å². The minimum Gasteiger partial charge on any atom is -0.474 e. The first-order valence-corrected chi connectivity index (χ1v) is 14.4. The molecule has 5 aliphatic carbocycles. The maximum atomic E-state index is 13.1. The Hall–Kier alpha value is -1.74. The zero-order valence-corrected chi connectivity index (χ0v) is 22.4. The number of nitrogens with two attached hydrogens (primary N) is 1. The minimum atomic E-state index is -0.745. The van der Waals surface area contributed by atoms with Gasteiger partial charge in [-0.1, -0.05) is 12.8 Å². The Morgan fingerprint density at radius 1 is 1.19 bits per heavy atom. The van der Waals surface area contributed by atoms with Crippen LogP contribution in [0.1, 0.15) is 88.1 Å². The predicted molar refractivity (Wildman–Crippen MR) is 140 cm³/mol. The normalized spacial score (nSPS) is 34.7. The molecule has 200 valence electrons. The summed E-state index contributed by atoms with van der Waals surface area (Å²) in [6.45, 7) is 2.89. The maximum absolute atomic E-state index is 13.1.